The van der Waals surface area contributed by atoms with Gasteiger partial charge in [0.05, 0.1) is 12.6 Å². The van der Waals surface area contributed by atoms with Gasteiger partial charge in [0, 0.05) is 11.3 Å². The van der Waals surface area contributed by atoms with E-state index >= 15 is 0 Å². The minimum absolute atomic E-state index is 0.0976. The quantitative estimate of drug-likeness (QED) is 0.744. The molecule has 0 bridgehead atoms. The average molecular weight is 215 g/mol. The summed E-state index contributed by atoms with van der Waals surface area (Å²) in [6.45, 7) is 0.259. The molecule has 14 heavy (non-hydrogen) atoms. The highest BCUT2D eigenvalue weighted by Crippen LogP contribution is 2.18. The highest BCUT2D eigenvalue weighted by molar-refractivity contribution is 7.80. The topological polar surface area (TPSA) is 49.4 Å². The molecule has 0 fully saturated rings. The van der Waals surface area contributed by atoms with Crippen molar-refractivity contribution in [2.45, 2.75) is 0 Å². The van der Waals surface area contributed by atoms with Gasteiger partial charge in [-0.05, 0) is 18.2 Å². The lowest BCUT2D eigenvalue weighted by molar-refractivity contribution is -0.255. The van der Waals surface area contributed by atoms with E-state index in [1.807, 2.05) is 0 Å². The van der Waals surface area contributed by atoms with E-state index in [4.69, 9.17) is 4.74 Å². The Hall–Kier alpha value is -1.23. The fraction of sp³-hybridized carbons (Fsp3) is 0.222. The normalized spacial score (nSPS) is 9.86. The van der Waals surface area contributed by atoms with Gasteiger partial charge in [0.15, 0.2) is 0 Å². The van der Waals surface area contributed by atoms with Crippen LogP contribution in [0.2, 0.25) is 0 Å². The van der Waals surface area contributed by atoms with Crippen LogP contribution in [0.1, 0.15) is 10.4 Å². The minimum Gasteiger partial charge on any atom is -0.545 e. The number of ether oxygens (including phenoxy) is 1. The van der Waals surface area contributed by atoms with Crippen LogP contribution in [0, 0.1) is 5.82 Å². The summed E-state index contributed by atoms with van der Waals surface area (Å²) in [5.74, 6) is -1.55. The number of carbonyl (C=O) groups excluding carboxylic acids is 1. The van der Waals surface area contributed by atoms with E-state index in [1.54, 1.807) is 0 Å². The van der Waals surface area contributed by atoms with Crippen molar-refractivity contribution in [1.82, 2.24) is 0 Å². The van der Waals surface area contributed by atoms with Gasteiger partial charge >= 0.3 is 0 Å². The number of carboxylic acids is 1. The van der Waals surface area contributed by atoms with Crippen LogP contribution in [-0.4, -0.2) is 18.3 Å². The number of halogens is 1. The first-order valence-electron chi connectivity index (χ1n) is 3.89. The van der Waals surface area contributed by atoms with Crippen molar-refractivity contribution in [3.8, 4) is 5.75 Å². The van der Waals surface area contributed by atoms with Gasteiger partial charge in [-0.1, -0.05) is 0 Å². The molecule has 0 radical (unpaired) electrons. The first-order chi connectivity index (χ1) is 6.65. The summed E-state index contributed by atoms with van der Waals surface area (Å²) in [5.41, 5.74) is -0.285. The first kappa shape index (κ1) is 10.8. The molecule has 0 aliphatic carbocycles. The van der Waals surface area contributed by atoms with Crippen molar-refractivity contribution in [3.05, 3.63) is 29.6 Å². The molecule has 0 atom stereocenters. The zero-order valence-electron chi connectivity index (χ0n) is 7.20. The summed E-state index contributed by atoms with van der Waals surface area (Å²) < 4.78 is 17.7. The summed E-state index contributed by atoms with van der Waals surface area (Å²) in [5, 5.41) is 10.6. The van der Waals surface area contributed by atoms with Crippen molar-refractivity contribution in [1.29, 1.82) is 0 Å². The van der Waals surface area contributed by atoms with Crippen molar-refractivity contribution in [3.63, 3.8) is 0 Å². The summed E-state index contributed by atoms with van der Waals surface area (Å²) >= 11 is 3.90. The van der Waals surface area contributed by atoms with Gasteiger partial charge in [-0.2, -0.15) is 12.6 Å². The second-order valence-corrected chi connectivity index (χ2v) is 2.95. The molecule has 0 saturated heterocycles. The highest BCUT2D eigenvalue weighted by Gasteiger charge is 2.05. The van der Waals surface area contributed by atoms with Gasteiger partial charge in [-0.3, -0.25) is 0 Å². The summed E-state index contributed by atoms with van der Waals surface area (Å²) in [6, 6.07) is 3.24. The monoisotopic (exact) mass is 215 g/mol. The van der Waals surface area contributed by atoms with E-state index in [0.717, 1.165) is 12.1 Å². The third-order valence-electron chi connectivity index (χ3n) is 1.51. The van der Waals surface area contributed by atoms with Crippen molar-refractivity contribution in [2.24, 2.45) is 0 Å². The van der Waals surface area contributed by atoms with E-state index < -0.39 is 11.8 Å². The molecule has 1 rings (SSSR count). The van der Waals surface area contributed by atoms with E-state index in [2.05, 4.69) is 12.6 Å². The Bertz CT molecular complexity index is 341. The maximum Gasteiger partial charge on any atom is 0.128 e. The van der Waals surface area contributed by atoms with Crippen molar-refractivity contribution >= 4 is 18.6 Å². The number of carboxylic acid groups (broad SMARTS) is 1. The highest BCUT2D eigenvalue weighted by atomic mass is 32.1. The zero-order valence-corrected chi connectivity index (χ0v) is 8.09. The maximum atomic E-state index is 12.7. The van der Waals surface area contributed by atoms with Crippen LogP contribution in [0.25, 0.3) is 0 Å². The lowest BCUT2D eigenvalue weighted by Gasteiger charge is -2.11. The van der Waals surface area contributed by atoms with E-state index in [1.165, 1.54) is 6.07 Å². The number of hydrogen-bond donors (Lipinski definition) is 1. The smallest absolute Gasteiger partial charge is 0.128 e. The van der Waals surface area contributed by atoms with Crippen LogP contribution < -0.4 is 9.84 Å². The molecular weight excluding hydrogens is 207 g/mol. The Kier molecular flexibility index (Phi) is 3.76. The third kappa shape index (κ3) is 2.63. The lowest BCUT2D eigenvalue weighted by atomic mass is 10.2. The Morgan fingerprint density at radius 3 is 2.86 bits per heavy atom. The number of aromatic carboxylic acids is 1. The number of benzene rings is 1. The van der Waals surface area contributed by atoms with Crippen LogP contribution in [0.3, 0.4) is 0 Å². The van der Waals surface area contributed by atoms with Gasteiger partial charge in [0.1, 0.15) is 11.6 Å². The van der Waals surface area contributed by atoms with Crippen LogP contribution >= 0.6 is 12.6 Å². The third-order valence-corrected chi connectivity index (χ3v) is 1.69. The summed E-state index contributed by atoms with van der Waals surface area (Å²) in [4.78, 5) is 10.6. The largest absolute Gasteiger partial charge is 0.545 e. The van der Waals surface area contributed by atoms with Crippen LogP contribution in [-0.2, 0) is 0 Å². The standard InChI is InChI=1S/C9H9FO3S/c10-6-1-2-8(13-3-4-14)7(5-6)9(11)12/h1-2,5,14H,3-4H2,(H,11,12)/p-1. The van der Waals surface area contributed by atoms with Gasteiger partial charge in [-0.15, -0.1) is 0 Å². The molecule has 0 aromatic heterocycles. The molecule has 0 N–H and O–H groups in total. The van der Waals surface area contributed by atoms with Gasteiger partial charge < -0.3 is 14.6 Å². The lowest BCUT2D eigenvalue weighted by Crippen LogP contribution is -2.23. The van der Waals surface area contributed by atoms with Crippen LogP contribution in [0.5, 0.6) is 5.75 Å². The Morgan fingerprint density at radius 1 is 1.57 bits per heavy atom. The predicted octanol–water partition coefficient (Wildman–Crippen LogP) is 0.498. The fourth-order valence-electron chi connectivity index (χ4n) is 0.943. The minimum atomic E-state index is -1.46. The Labute approximate surface area is 85.9 Å². The van der Waals surface area contributed by atoms with Gasteiger partial charge in [0.2, 0.25) is 0 Å². The van der Waals surface area contributed by atoms with Crippen molar-refractivity contribution < 1.29 is 19.0 Å². The maximum absolute atomic E-state index is 12.7. The molecule has 5 heteroatoms. The molecule has 76 valence electrons. The molecule has 0 unspecified atom stereocenters. The van der Waals surface area contributed by atoms with Crippen LogP contribution in [0.15, 0.2) is 18.2 Å². The summed E-state index contributed by atoms with van der Waals surface area (Å²) in [7, 11) is 0. The van der Waals surface area contributed by atoms with Gasteiger partial charge in [0.25, 0.3) is 0 Å². The molecule has 0 amide bonds. The van der Waals surface area contributed by atoms with E-state index in [9.17, 15) is 14.3 Å². The van der Waals surface area contributed by atoms with E-state index in [-0.39, 0.29) is 17.9 Å². The second kappa shape index (κ2) is 4.85. The molecule has 3 nitrogen and oxygen atoms in total. The number of carbonyl (C=O) groups is 1. The molecule has 0 heterocycles. The molecule has 1 aromatic carbocycles. The second-order valence-electron chi connectivity index (χ2n) is 2.50. The molecule has 0 spiro atoms. The molecule has 1 aromatic rings. The van der Waals surface area contributed by atoms with E-state index in [0.29, 0.717) is 5.75 Å². The van der Waals surface area contributed by atoms with Crippen molar-refractivity contribution in [2.75, 3.05) is 12.4 Å². The number of hydrogen-bond acceptors (Lipinski definition) is 4. The molecular formula is C9H8FO3S-. The van der Waals surface area contributed by atoms with Crippen LogP contribution in [0.4, 0.5) is 4.39 Å². The SMILES string of the molecule is O=C([O-])c1cc(F)ccc1OCCS. The Morgan fingerprint density at radius 2 is 2.29 bits per heavy atom. The molecule has 0 saturated carbocycles. The molecule has 0 aliphatic heterocycles. The number of rotatable bonds is 4. The average Bonchev–Trinajstić information content (AvgIpc) is 2.15. The molecule has 0 aliphatic rings. The first-order valence-corrected chi connectivity index (χ1v) is 4.53. The van der Waals surface area contributed by atoms with Gasteiger partial charge in [-0.25, -0.2) is 4.39 Å². The Balaban J connectivity index is 2.96. The fourth-order valence-corrected chi connectivity index (χ4v) is 1.03. The number of thiol groups is 1. The summed E-state index contributed by atoms with van der Waals surface area (Å²) in [6.07, 6.45) is 0. The zero-order chi connectivity index (χ0) is 10.6. The predicted molar refractivity (Wildman–Crippen MR) is 50.1 cm³/mol.